The fourth-order valence-corrected chi connectivity index (χ4v) is 4.99. The van der Waals surface area contributed by atoms with Crippen LogP contribution in [-0.4, -0.2) is 54.1 Å². The average molecular weight is 349 g/mol. The van der Waals surface area contributed by atoms with Crippen LogP contribution < -0.4 is 0 Å². The van der Waals surface area contributed by atoms with Gasteiger partial charge >= 0.3 is 0 Å². The summed E-state index contributed by atoms with van der Waals surface area (Å²) in [6.07, 6.45) is 2.05. The van der Waals surface area contributed by atoms with Crippen molar-refractivity contribution in [1.29, 1.82) is 0 Å². The number of pyridine rings is 1. The van der Waals surface area contributed by atoms with E-state index in [1.54, 1.807) is 31.0 Å². The number of rotatable bonds is 4. The van der Waals surface area contributed by atoms with Gasteiger partial charge in [0, 0.05) is 19.3 Å². The van der Waals surface area contributed by atoms with E-state index in [2.05, 4.69) is 4.98 Å². The first-order valence-electron chi connectivity index (χ1n) is 6.54. The van der Waals surface area contributed by atoms with Gasteiger partial charge in [0.15, 0.2) is 9.84 Å². The first-order valence-corrected chi connectivity index (χ1v) is 9.62. The van der Waals surface area contributed by atoms with Crippen LogP contribution in [0.3, 0.4) is 0 Å². The summed E-state index contributed by atoms with van der Waals surface area (Å²) in [5.41, 5.74) is 0. The highest BCUT2D eigenvalue weighted by atomic mass is 35.5. The number of nitrogens with zero attached hydrogens (tertiary/aromatic N) is 2. The largest absolute Gasteiger partial charge is 0.341 e. The highest BCUT2D eigenvalue weighted by Gasteiger charge is 2.34. The second-order valence-corrected chi connectivity index (χ2v) is 9.11. The molecular formula is C13H17ClN2O3S2. The van der Waals surface area contributed by atoms with Crippen LogP contribution in [-0.2, 0) is 14.6 Å². The zero-order chi connectivity index (χ0) is 15.6. The normalized spacial score (nSPS) is 22.0. The van der Waals surface area contributed by atoms with Crippen LogP contribution in [0.1, 0.15) is 13.3 Å². The summed E-state index contributed by atoms with van der Waals surface area (Å²) in [5.74, 6) is 0.139. The summed E-state index contributed by atoms with van der Waals surface area (Å²) in [7, 11) is -1.32. The van der Waals surface area contributed by atoms with E-state index >= 15 is 0 Å². The van der Waals surface area contributed by atoms with Crippen molar-refractivity contribution in [3.8, 4) is 0 Å². The van der Waals surface area contributed by atoms with Crippen molar-refractivity contribution in [3.63, 3.8) is 0 Å². The molecule has 2 heterocycles. The van der Waals surface area contributed by atoms with E-state index in [1.807, 2.05) is 0 Å². The van der Waals surface area contributed by atoms with E-state index in [0.29, 0.717) is 16.5 Å². The molecule has 1 aromatic heterocycles. The van der Waals surface area contributed by atoms with Crippen molar-refractivity contribution in [1.82, 2.24) is 9.88 Å². The summed E-state index contributed by atoms with van der Waals surface area (Å²) in [6.45, 7) is 1.79. The van der Waals surface area contributed by atoms with Gasteiger partial charge in [-0.15, -0.1) is 0 Å². The molecule has 0 bridgehead atoms. The highest BCUT2D eigenvalue weighted by molar-refractivity contribution is 8.00. The monoisotopic (exact) mass is 348 g/mol. The third kappa shape index (κ3) is 4.34. The lowest BCUT2D eigenvalue weighted by atomic mass is 10.2. The molecule has 0 radical (unpaired) electrons. The predicted molar refractivity (Wildman–Crippen MR) is 84.4 cm³/mol. The molecule has 0 aliphatic carbocycles. The number of amides is 1. The Bertz CT molecular complexity index is 619. The number of halogens is 1. The summed E-state index contributed by atoms with van der Waals surface area (Å²) in [4.78, 5) is 18.1. The van der Waals surface area contributed by atoms with E-state index in [4.69, 9.17) is 11.6 Å². The van der Waals surface area contributed by atoms with Crippen LogP contribution in [0, 0.1) is 0 Å². The maximum atomic E-state index is 12.4. The van der Waals surface area contributed by atoms with Gasteiger partial charge in [0.1, 0.15) is 0 Å². The Morgan fingerprint density at radius 3 is 2.76 bits per heavy atom. The third-order valence-corrected chi connectivity index (χ3v) is 6.46. The molecule has 5 nitrogen and oxygen atoms in total. The molecule has 2 atom stereocenters. The van der Waals surface area contributed by atoms with Crippen molar-refractivity contribution < 1.29 is 13.2 Å². The fraction of sp³-hybridized carbons (Fsp3) is 0.538. The van der Waals surface area contributed by atoms with E-state index in [-0.39, 0.29) is 28.7 Å². The van der Waals surface area contributed by atoms with Gasteiger partial charge in [0.05, 0.1) is 26.8 Å². The minimum absolute atomic E-state index is 0.0613. The molecular weight excluding hydrogens is 332 g/mol. The number of hydrogen-bond donors (Lipinski definition) is 0. The first kappa shape index (κ1) is 16.6. The van der Waals surface area contributed by atoms with Crippen molar-refractivity contribution in [2.24, 2.45) is 0 Å². The topological polar surface area (TPSA) is 67.3 Å². The Balaban J connectivity index is 1.97. The minimum Gasteiger partial charge on any atom is -0.341 e. The zero-order valence-corrected chi connectivity index (χ0v) is 14.2. The Hall–Kier alpha value is -0.790. The van der Waals surface area contributed by atoms with Gasteiger partial charge in [-0.2, -0.15) is 0 Å². The van der Waals surface area contributed by atoms with Crippen LogP contribution in [0.4, 0.5) is 0 Å². The molecule has 21 heavy (non-hydrogen) atoms. The molecule has 0 aromatic carbocycles. The SMILES string of the molecule is C[C@H](Sc1ccc(Cl)cn1)C(=O)N(C)[C@@H]1CCS(=O)(=O)C1. The van der Waals surface area contributed by atoms with Gasteiger partial charge in [-0.05, 0) is 25.5 Å². The summed E-state index contributed by atoms with van der Waals surface area (Å²) < 4.78 is 23.0. The Kier molecular flexibility index (Phi) is 5.16. The van der Waals surface area contributed by atoms with Crippen molar-refractivity contribution in [3.05, 3.63) is 23.4 Å². The van der Waals surface area contributed by atoms with Crippen LogP contribution in [0.5, 0.6) is 0 Å². The molecule has 116 valence electrons. The van der Waals surface area contributed by atoms with Gasteiger partial charge in [-0.1, -0.05) is 23.4 Å². The smallest absolute Gasteiger partial charge is 0.235 e. The van der Waals surface area contributed by atoms with Gasteiger partial charge in [-0.25, -0.2) is 13.4 Å². The lowest BCUT2D eigenvalue weighted by Crippen LogP contribution is -2.41. The van der Waals surface area contributed by atoms with Gasteiger partial charge in [0.25, 0.3) is 0 Å². The number of carbonyl (C=O) groups excluding carboxylic acids is 1. The molecule has 1 aliphatic rings. The van der Waals surface area contributed by atoms with E-state index in [9.17, 15) is 13.2 Å². The number of carbonyl (C=O) groups is 1. The van der Waals surface area contributed by atoms with E-state index in [1.165, 1.54) is 18.0 Å². The molecule has 0 spiro atoms. The first-order chi connectivity index (χ1) is 9.78. The van der Waals surface area contributed by atoms with Crippen molar-refractivity contribution in [2.75, 3.05) is 18.6 Å². The molecule has 0 saturated carbocycles. The zero-order valence-electron chi connectivity index (χ0n) is 11.8. The average Bonchev–Trinajstić information content (AvgIpc) is 2.80. The molecule has 8 heteroatoms. The quantitative estimate of drug-likeness (QED) is 0.777. The molecule has 1 fully saturated rings. The fourth-order valence-electron chi connectivity index (χ4n) is 2.21. The van der Waals surface area contributed by atoms with Crippen LogP contribution in [0.25, 0.3) is 0 Å². The standard InChI is InChI=1S/C13H17ClN2O3S2/c1-9(20-12-4-3-10(14)7-15-12)13(17)16(2)11-5-6-21(18,19)8-11/h3-4,7,9,11H,5-6,8H2,1-2H3/t9-,11+/m0/s1. The Morgan fingerprint density at radius 1 is 1.52 bits per heavy atom. The van der Waals surface area contributed by atoms with Crippen molar-refractivity contribution in [2.45, 2.75) is 29.7 Å². The lowest BCUT2D eigenvalue weighted by molar-refractivity contribution is -0.130. The molecule has 2 rings (SSSR count). The highest BCUT2D eigenvalue weighted by Crippen LogP contribution is 2.25. The Labute approximate surface area is 134 Å². The van der Waals surface area contributed by atoms with Gasteiger partial charge in [-0.3, -0.25) is 4.79 Å². The molecule has 1 saturated heterocycles. The summed E-state index contributed by atoms with van der Waals surface area (Å²) in [6, 6.07) is 3.27. The lowest BCUT2D eigenvalue weighted by Gasteiger charge is -2.26. The predicted octanol–water partition coefficient (Wildman–Crippen LogP) is 1.86. The van der Waals surface area contributed by atoms with Crippen LogP contribution in [0.15, 0.2) is 23.4 Å². The van der Waals surface area contributed by atoms with Gasteiger partial charge < -0.3 is 4.90 Å². The Morgan fingerprint density at radius 2 is 2.24 bits per heavy atom. The minimum atomic E-state index is -2.99. The molecule has 0 unspecified atom stereocenters. The van der Waals surface area contributed by atoms with Crippen molar-refractivity contribution >= 4 is 39.1 Å². The van der Waals surface area contributed by atoms with Crippen LogP contribution >= 0.6 is 23.4 Å². The molecule has 0 N–H and O–H groups in total. The second kappa shape index (κ2) is 6.54. The van der Waals surface area contributed by atoms with E-state index < -0.39 is 9.84 Å². The number of hydrogen-bond acceptors (Lipinski definition) is 5. The summed E-state index contributed by atoms with van der Waals surface area (Å²) >= 11 is 7.11. The third-order valence-electron chi connectivity index (χ3n) is 3.45. The molecule has 1 aromatic rings. The maximum absolute atomic E-state index is 12.4. The number of sulfone groups is 1. The van der Waals surface area contributed by atoms with Gasteiger partial charge in [0.2, 0.25) is 5.91 Å². The summed E-state index contributed by atoms with van der Waals surface area (Å²) in [5, 5.41) is 0.936. The number of thioether (sulfide) groups is 1. The molecule has 1 amide bonds. The second-order valence-electron chi connectivity index (χ2n) is 5.08. The van der Waals surface area contributed by atoms with Crippen LogP contribution in [0.2, 0.25) is 5.02 Å². The molecule has 1 aliphatic heterocycles. The van der Waals surface area contributed by atoms with E-state index in [0.717, 1.165) is 0 Å². The number of aromatic nitrogens is 1. The maximum Gasteiger partial charge on any atom is 0.235 e.